The lowest BCUT2D eigenvalue weighted by molar-refractivity contribution is -0.137. The van der Waals surface area contributed by atoms with Crippen molar-refractivity contribution in [3.8, 4) is 0 Å². The molecular weight excluding hydrogens is 297 g/mol. The molecule has 0 fully saturated rings. The Balaban J connectivity index is 1.95. The molecule has 0 aliphatic carbocycles. The van der Waals surface area contributed by atoms with E-state index < -0.39 is 11.7 Å². The Kier molecular flexibility index (Phi) is 3.53. The van der Waals surface area contributed by atoms with E-state index in [0.717, 1.165) is 17.7 Å². The van der Waals surface area contributed by atoms with Gasteiger partial charge in [-0.3, -0.25) is 4.79 Å². The molecule has 21 heavy (non-hydrogen) atoms. The van der Waals surface area contributed by atoms with Crippen LogP contribution in [0.1, 0.15) is 33.2 Å². The molecule has 1 atom stereocenters. The van der Waals surface area contributed by atoms with Crippen LogP contribution in [0, 0.1) is 0 Å². The van der Waals surface area contributed by atoms with Crippen molar-refractivity contribution < 1.29 is 18.0 Å². The van der Waals surface area contributed by atoms with Gasteiger partial charge in [-0.2, -0.15) is 13.2 Å². The van der Waals surface area contributed by atoms with Gasteiger partial charge in [0.15, 0.2) is 5.78 Å². The minimum Gasteiger partial charge on any atom is -0.294 e. The highest BCUT2D eigenvalue weighted by Crippen LogP contribution is 2.45. The molecule has 1 aliphatic rings. The Morgan fingerprint density at radius 2 is 1.76 bits per heavy atom. The number of halogens is 3. The molecule has 1 aliphatic heterocycles. The summed E-state index contributed by atoms with van der Waals surface area (Å²) in [5, 5.41) is -0.0389. The molecule has 0 aromatic heterocycles. The van der Waals surface area contributed by atoms with Gasteiger partial charge >= 0.3 is 6.18 Å². The summed E-state index contributed by atoms with van der Waals surface area (Å²) < 4.78 is 38.1. The highest BCUT2D eigenvalue weighted by Gasteiger charge is 2.34. The van der Waals surface area contributed by atoms with Gasteiger partial charge in [0.2, 0.25) is 0 Å². The molecule has 3 rings (SSSR count). The molecule has 2 aromatic carbocycles. The SMILES string of the molecule is O=C1CC(c2ccccc2)Sc2ccc(C(F)(F)F)cc21. The predicted molar refractivity (Wildman–Crippen MR) is 75.4 cm³/mol. The van der Waals surface area contributed by atoms with Gasteiger partial charge in [0.1, 0.15) is 0 Å². The Morgan fingerprint density at radius 3 is 2.43 bits per heavy atom. The van der Waals surface area contributed by atoms with E-state index in [1.54, 1.807) is 0 Å². The minimum absolute atomic E-state index is 0.0389. The third-order valence-electron chi connectivity index (χ3n) is 3.42. The zero-order valence-corrected chi connectivity index (χ0v) is 11.7. The molecule has 0 radical (unpaired) electrons. The number of hydrogen-bond acceptors (Lipinski definition) is 2. The lowest BCUT2D eigenvalue weighted by Gasteiger charge is -2.24. The van der Waals surface area contributed by atoms with Crippen LogP contribution in [0.2, 0.25) is 0 Å². The summed E-state index contributed by atoms with van der Waals surface area (Å²) in [4.78, 5) is 12.8. The number of alkyl halides is 3. The standard InChI is InChI=1S/C16H11F3OS/c17-16(18,19)11-6-7-14-12(8-11)13(20)9-15(21-14)10-4-2-1-3-5-10/h1-8,15H,9H2. The van der Waals surface area contributed by atoms with Gasteiger partial charge in [-0.1, -0.05) is 30.3 Å². The molecule has 1 nitrogen and oxygen atoms in total. The average Bonchev–Trinajstić information content (AvgIpc) is 2.47. The van der Waals surface area contributed by atoms with E-state index in [9.17, 15) is 18.0 Å². The fraction of sp³-hybridized carbons (Fsp3) is 0.188. The number of ketones is 1. The number of thioether (sulfide) groups is 1. The van der Waals surface area contributed by atoms with E-state index >= 15 is 0 Å². The monoisotopic (exact) mass is 308 g/mol. The molecule has 5 heteroatoms. The minimum atomic E-state index is -4.42. The van der Waals surface area contributed by atoms with Crippen LogP contribution in [0.3, 0.4) is 0 Å². The van der Waals surface area contributed by atoms with E-state index in [4.69, 9.17) is 0 Å². The van der Waals surface area contributed by atoms with Crippen LogP contribution < -0.4 is 0 Å². The van der Waals surface area contributed by atoms with Crippen molar-refractivity contribution in [3.05, 3.63) is 65.2 Å². The van der Waals surface area contributed by atoms with Crippen molar-refractivity contribution in [1.82, 2.24) is 0 Å². The summed E-state index contributed by atoms with van der Waals surface area (Å²) in [5.41, 5.74) is 0.428. The first-order valence-corrected chi connectivity index (χ1v) is 7.29. The Bertz CT molecular complexity index is 680. The molecule has 1 unspecified atom stereocenters. The quantitative estimate of drug-likeness (QED) is 0.727. The topological polar surface area (TPSA) is 17.1 Å². The second-order valence-electron chi connectivity index (χ2n) is 4.85. The highest BCUT2D eigenvalue weighted by molar-refractivity contribution is 7.99. The van der Waals surface area contributed by atoms with Crippen molar-refractivity contribution in [1.29, 1.82) is 0 Å². The third kappa shape index (κ3) is 2.83. The summed E-state index contributed by atoms with van der Waals surface area (Å²) in [5.74, 6) is -0.233. The van der Waals surface area contributed by atoms with Crippen LogP contribution in [-0.2, 0) is 6.18 Å². The van der Waals surface area contributed by atoms with E-state index in [-0.39, 0.29) is 23.0 Å². The molecule has 0 bridgehead atoms. The molecular formula is C16H11F3OS. The predicted octanol–water partition coefficient (Wildman–Crippen LogP) is 5.13. The van der Waals surface area contributed by atoms with Crippen molar-refractivity contribution in [2.45, 2.75) is 22.7 Å². The summed E-state index contributed by atoms with van der Waals surface area (Å²) in [6, 6.07) is 12.9. The van der Waals surface area contributed by atoms with Crippen molar-refractivity contribution >= 4 is 17.5 Å². The summed E-state index contributed by atoms with van der Waals surface area (Å²) in [7, 11) is 0. The molecule has 0 saturated heterocycles. The van der Waals surface area contributed by atoms with Crippen LogP contribution in [-0.4, -0.2) is 5.78 Å². The first-order valence-electron chi connectivity index (χ1n) is 6.41. The van der Waals surface area contributed by atoms with Gasteiger partial charge in [0, 0.05) is 22.1 Å². The van der Waals surface area contributed by atoms with Gasteiger partial charge in [-0.15, -0.1) is 11.8 Å². The number of carbonyl (C=O) groups is 1. The van der Waals surface area contributed by atoms with Crippen molar-refractivity contribution in [3.63, 3.8) is 0 Å². The van der Waals surface area contributed by atoms with Gasteiger partial charge in [0.25, 0.3) is 0 Å². The molecule has 0 N–H and O–H groups in total. The fourth-order valence-electron chi connectivity index (χ4n) is 2.35. The van der Waals surface area contributed by atoms with Crippen LogP contribution in [0.5, 0.6) is 0 Å². The number of Topliss-reactive ketones (excluding diaryl/α,β-unsaturated/α-hetero) is 1. The lowest BCUT2D eigenvalue weighted by atomic mass is 9.99. The lowest BCUT2D eigenvalue weighted by Crippen LogP contribution is -2.14. The van der Waals surface area contributed by atoms with E-state index in [0.29, 0.717) is 4.90 Å². The van der Waals surface area contributed by atoms with E-state index in [1.165, 1.54) is 17.8 Å². The van der Waals surface area contributed by atoms with Crippen LogP contribution in [0.15, 0.2) is 53.4 Å². The molecule has 0 amide bonds. The Labute approximate surface area is 124 Å². The van der Waals surface area contributed by atoms with Gasteiger partial charge in [-0.25, -0.2) is 0 Å². The second-order valence-corrected chi connectivity index (χ2v) is 6.10. The number of benzene rings is 2. The van der Waals surface area contributed by atoms with Gasteiger partial charge in [0.05, 0.1) is 5.56 Å². The summed E-state index contributed by atoms with van der Waals surface area (Å²) in [6.45, 7) is 0. The molecule has 2 aromatic rings. The second kappa shape index (κ2) is 5.22. The smallest absolute Gasteiger partial charge is 0.294 e. The number of carbonyl (C=O) groups excluding carboxylic acids is 1. The molecule has 0 spiro atoms. The normalized spacial score (nSPS) is 18.4. The van der Waals surface area contributed by atoms with Crippen LogP contribution in [0.4, 0.5) is 13.2 Å². The number of fused-ring (bicyclic) bond motifs is 1. The first kappa shape index (κ1) is 14.2. The van der Waals surface area contributed by atoms with Crippen LogP contribution >= 0.6 is 11.8 Å². The zero-order chi connectivity index (χ0) is 15.0. The number of rotatable bonds is 1. The van der Waals surface area contributed by atoms with Crippen LogP contribution in [0.25, 0.3) is 0 Å². The maximum absolute atomic E-state index is 12.7. The Hall–Kier alpha value is -1.75. The highest BCUT2D eigenvalue weighted by atomic mass is 32.2. The molecule has 108 valence electrons. The average molecular weight is 308 g/mol. The maximum Gasteiger partial charge on any atom is 0.416 e. The molecule has 1 heterocycles. The van der Waals surface area contributed by atoms with Crippen molar-refractivity contribution in [2.24, 2.45) is 0 Å². The maximum atomic E-state index is 12.7. The zero-order valence-electron chi connectivity index (χ0n) is 10.9. The van der Waals surface area contributed by atoms with Gasteiger partial charge in [-0.05, 0) is 23.8 Å². The Morgan fingerprint density at radius 1 is 1.05 bits per heavy atom. The summed E-state index contributed by atoms with van der Waals surface area (Å²) >= 11 is 1.44. The van der Waals surface area contributed by atoms with E-state index in [2.05, 4.69) is 0 Å². The first-order chi connectivity index (χ1) is 9.95. The van der Waals surface area contributed by atoms with Crippen molar-refractivity contribution in [2.75, 3.05) is 0 Å². The summed E-state index contributed by atoms with van der Waals surface area (Å²) in [6.07, 6.45) is -4.20. The largest absolute Gasteiger partial charge is 0.416 e. The van der Waals surface area contributed by atoms with Gasteiger partial charge < -0.3 is 0 Å². The fourth-order valence-corrected chi connectivity index (χ4v) is 3.63. The number of hydrogen-bond donors (Lipinski definition) is 0. The third-order valence-corrected chi connectivity index (χ3v) is 4.75. The molecule has 0 saturated carbocycles. The van der Waals surface area contributed by atoms with E-state index in [1.807, 2.05) is 30.3 Å².